The maximum atomic E-state index is 11.7. The van der Waals surface area contributed by atoms with Crippen LogP contribution in [0.2, 0.25) is 0 Å². The van der Waals surface area contributed by atoms with Crippen LogP contribution in [0.3, 0.4) is 0 Å². The summed E-state index contributed by atoms with van der Waals surface area (Å²) in [5.41, 5.74) is -0.443. The molecule has 2 saturated heterocycles. The second-order valence-electron chi connectivity index (χ2n) is 5.59. The van der Waals surface area contributed by atoms with E-state index in [1.54, 1.807) is 0 Å². The molecule has 3 atom stereocenters. The largest absolute Gasteiger partial charge is 0.468 e. The number of carbonyl (C=O) groups excluding carboxylic acids is 1. The van der Waals surface area contributed by atoms with Gasteiger partial charge in [-0.15, -0.1) is 0 Å². The lowest BCUT2D eigenvalue weighted by molar-refractivity contribution is -0.147. The third kappa shape index (κ3) is 3.16. The number of esters is 1. The predicted molar refractivity (Wildman–Crippen MR) is 71.2 cm³/mol. The minimum atomic E-state index is -0.443. The van der Waals surface area contributed by atoms with E-state index in [9.17, 15) is 4.79 Å². The minimum absolute atomic E-state index is 0.113. The molecule has 0 aromatic carbocycles. The Hall–Kier alpha value is -0.220. The molecule has 0 spiro atoms. The minimum Gasteiger partial charge on any atom is -0.468 e. The lowest BCUT2D eigenvalue weighted by Crippen LogP contribution is -2.45. The molecule has 0 amide bonds. The molecule has 0 aromatic rings. The van der Waals surface area contributed by atoms with E-state index in [0.717, 1.165) is 18.9 Å². The molecular formula is C13H23NO2S. The van der Waals surface area contributed by atoms with Crippen molar-refractivity contribution in [3.8, 4) is 0 Å². The van der Waals surface area contributed by atoms with E-state index in [1.807, 2.05) is 6.92 Å². The third-order valence-corrected chi connectivity index (χ3v) is 5.32. The summed E-state index contributed by atoms with van der Waals surface area (Å²) in [6, 6.07) is 0. The van der Waals surface area contributed by atoms with Crippen molar-refractivity contribution in [1.29, 1.82) is 0 Å². The maximum Gasteiger partial charge on any atom is 0.325 e. The Balaban J connectivity index is 1.82. The maximum absolute atomic E-state index is 11.7. The van der Waals surface area contributed by atoms with Gasteiger partial charge >= 0.3 is 5.97 Å². The van der Waals surface area contributed by atoms with Crippen LogP contribution in [0.1, 0.15) is 32.6 Å². The van der Waals surface area contributed by atoms with Crippen LogP contribution in [-0.4, -0.2) is 36.7 Å². The van der Waals surface area contributed by atoms with Gasteiger partial charge in [-0.25, -0.2) is 0 Å². The van der Waals surface area contributed by atoms with Crippen molar-refractivity contribution in [3.63, 3.8) is 0 Å². The standard InChI is InChI=1S/C13H23NO2S/c1-13(12(15)16-2)7-11(8-14-13)6-10-4-3-5-17-9-10/h10-11,14H,3-9H2,1-2H3. The van der Waals surface area contributed by atoms with Crippen LogP contribution in [0.25, 0.3) is 0 Å². The van der Waals surface area contributed by atoms with Gasteiger partial charge in [-0.05, 0) is 62.5 Å². The molecule has 3 nitrogen and oxygen atoms in total. The number of methoxy groups -OCH3 is 1. The first-order valence-corrected chi connectivity index (χ1v) is 7.71. The molecule has 0 radical (unpaired) electrons. The molecule has 0 saturated carbocycles. The molecule has 0 bridgehead atoms. The highest BCUT2D eigenvalue weighted by Gasteiger charge is 2.42. The van der Waals surface area contributed by atoms with Crippen LogP contribution in [-0.2, 0) is 9.53 Å². The monoisotopic (exact) mass is 257 g/mol. The van der Waals surface area contributed by atoms with Gasteiger partial charge in [0.2, 0.25) is 0 Å². The van der Waals surface area contributed by atoms with Gasteiger partial charge in [-0.3, -0.25) is 4.79 Å². The molecule has 2 aliphatic heterocycles. The van der Waals surface area contributed by atoms with E-state index in [4.69, 9.17) is 4.74 Å². The molecule has 2 heterocycles. The van der Waals surface area contributed by atoms with Crippen molar-refractivity contribution < 1.29 is 9.53 Å². The highest BCUT2D eigenvalue weighted by atomic mass is 32.2. The van der Waals surface area contributed by atoms with Crippen LogP contribution in [0.5, 0.6) is 0 Å². The fourth-order valence-corrected chi connectivity index (χ4v) is 4.28. The van der Waals surface area contributed by atoms with Crippen LogP contribution in [0.15, 0.2) is 0 Å². The molecular weight excluding hydrogens is 234 g/mol. The Kier molecular flexibility index (Phi) is 4.36. The summed E-state index contributed by atoms with van der Waals surface area (Å²) in [5.74, 6) is 4.03. The lowest BCUT2D eigenvalue weighted by atomic mass is 9.87. The Morgan fingerprint density at radius 1 is 1.53 bits per heavy atom. The van der Waals surface area contributed by atoms with Gasteiger partial charge in [-0.2, -0.15) is 11.8 Å². The first-order chi connectivity index (χ1) is 8.14. The number of ether oxygens (including phenoxy) is 1. The van der Waals surface area contributed by atoms with Gasteiger partial charge in [0.05, 0.1) is 7.11 Å². The van der Waals surface area contributed by atoms with Crippen molar-refractivity contribution in [1.82, 2.24) is 5.32 Å². The Morgan fingerprint density at radius 2 is 2.35 bits per heavy atom. The Morgan fingerprint density at radius 3 is 3.00 bits per heavy atom. The zero-order chi connectivity index (χ0) is 12.3. The molecule has 3 unspecified atom stereocenters. The van der Waals surface area contributed by atoms with E-state index in [2.05, 4.69) is 17.1 Å². The van der Waals surface area contributed by atoms with Crippen molar-refractivity contribution in [3.05, 3.63) is 0 Å². The fraction of sp³-hybridized carbons (Fsp3) is 0.923. The number of nitrogens with one attached hydrogen (secondary N) is 1. The molecule has 98 valence electrons. The number of thioether (sulfide) groups is 1. The highest BCUT2D eigenvalue weighted by Crippen LogP contribution is 2.34. The first-order valence-electron chi connectivity index (χ1n) is 6.55. The van der Waals surface area contributed by atoms with Crippen molar-refractivity contribution in [2.45, 2.75) is 38.1 Å². The molecule has 2 fully saturated rings. The molecule has 0 aromatic heterocycles. The summed E-state index contributed by atoms with van der Waals surface area (Å²) in [6.07, 6.45) is 4.94. The van der Waals surface area contributed by atoms with E-state index >= 15 is 0 Å². The van der Waals surface area contributed by atoms with Gasteiger partial charge in [0.1, 0.15) is 5.54 Å². The molecule has 2 rings (SSSR count). The SMILES string of the molecule is COC(=O)C1(C)CC(CC2CCCSC2)CN1. The van der Waals surface area contributed by atoms with Gasteiger partial charge in [-0.1, -0.05) is 0 Å². The number of carbonyl (C=O) groups is 1. The molecule has 1 N–H and O–H groups in total. The first kappa shape index (κ1) is 13.2. The number of hydrogen-bond acceptors (Lipinski definition) is 4. The van der Waals surface area contributed by atoms with Crippen molar-refractivity contribution >= 4 is 17.7 Å². The summed E-state index contributed by atoms with van der Waals surface area (Å²) in [5, 5.41) is 3.34. The number of hydrogen-bond donors (Lipinski definition) is 1. The summed E-state index contributed by atoms with van der Waals surface area (Å²) in [6.45, 7) is 2.93. The van der Waals surface area contributed by atoms with Crippen molar-refractivity contribution in [2.24, 2.45) is 11.8 Å². The third-order valence-electron chi connectivity index (χ3n) is 4.04. The molecule has 0 aliphatic carbocycles. The summed E-state index contributed by atoms with van der Waals surface area (Å²) in [7, 11) is 1.47. The number of rotatable bonds is 3. The van der Waals surface area contributed by atoms with Crippen molar-refractivity contribution in [2.75, 3.05) is 25.2 Å². The second kappa shape index (κ2) is 5.61. The molecule has 4 heteroatoms. The van der Waals surface area contributed by atoms with E-state index < -0.39 is 5.54 Å². The van der Waals surface area contributed by atoms with Crippen LogP contribution >= 0.6 is 11.8 Å². The zero-order valence-corrected chi connectivity index (χ0v) is 11.6. The normalized spacial score (nSPS) is 38.0. The smallest absolute Gasteiger partial charge is 0.325 e. The summed E-state index contributed by atoms with van der Waals surface area (Å²) < 4.78 is 4.87. The average molecular weight is 257 g/mol. The van der Waals surface area contributed by atoms with E-state index in [0.29, 0.717) is 5.92 Å². The van der Waals surface area contributed by atoms with Gasteiger partial charge in [0.15, 0.2) is 0 Å². The molecule has 17 heavy (non-hydrogen) atoms. The zero-order valence-electron chi connectivity index (χ0n) is 10.8. The van der Waals surface area contributed by atoms with E-state index in [1.165, 1.54) is 37.9 Å². The average Bonchev–Trinajstić information content (AvgIpc) is 2.72. The van der Waals surface area contributed by atoms with E-state index in [-0.39, 0.29) is 5.97 Å². The summed E-state index contributed by atoms with van der Waals surface area (Å²) in [4.78, 5) is 11.7. The lowest BCUT2D eigenvalue weighted by Gasteiger charge is -2.24. The van der Waals surface area contributed by atoms with Gasteiger partial charge < -0.3 is 10.1 Å². The van der Waals surface area contributed by atoms with Gasteiger partial charge in [0, 0.05) is 0 Å². The van der Waals surface area contributed by atoms with Gasteiger partial charge in [0.25, 0.3) is 0 Å². The van der Waals surface area contributed by atoms with Crippen LogP contribution in [0.4, 0.5) is 0 Å². The molecule has 2 aliphatic rings. The fourth-order valence-electron chi connectivity index (χ4n) is 3.10. The topological polar surface area (TPSA) is 38.3 Å². The Labute approximate surface area is 108 Å². The quantitative estimate of drug-likeness (QED) is 0.786. The summed E-state index contributed by atoms with van der Waals surface area (Å²) >= 11 is 2.09. The van der Waals surface area contributed by atoms with Crippen LogP contribution < -0.4 is 5.32 Å². The predicted octanol–water partition coefficient (Wildman–Crippen LogP) is 2.06. The van der Waals surface area contributed by atoms with Crippen LogP contribution in [0, 0.1) is 11.8 Å². The Bertz CT molecular complexity index is 279. The second-order valence-corrected chi connectivity index (χ2v) is 6.74. The highest BCUT2D eigenvalue weighted by molar-refractivity contribution is 7.99.